The number of halogens is 3. The van der Waals surface area contributed by atoms with Gasteiger partial charge in [0.05, 0.1) is 23.1 Å². The van der Waals surface area contributed by atoms with Crippen molar-refractivity contribution in [3.05, 3.63) is 94.5 Å². The van der Waals surface area contributed by atoms with Crippen LogP contribution in [0.4, 0.5) is 19.3 Å². The number of hydrogen-bond donors (Lipinski definition) is 1. The van der Waals surface area contributed by atoms with Crippen molar-refractivity contribution in [3.63, 3.8) is 0 Å². The van der Waals surface area contributed by atoms with Crippen molar-refractivity contribution >= 4 is 33.2 Å². The highest BCUT2D eigenvalue weighted by Crippen LogP contribution is 2.40. The Hall–Kier alpha value is -3.48. The molecule has 0 spiro atoms. The lowest BCUT2D eigenvalue weighted by Crippen LogP contribution is -2.36. The van der Waals surface area contributed by atoms with Crippen LogP contribution in [0, 0.1) is 23.0 Å². The fourth-order valence-electron chi connectivity index (χ4n) is 3.31. The molecule has 0 fully saturated rings. The van der Waals surface area contributed by atoms with Gasteiger partial charge in [-0.1, -0.05) is 11.6 Å². The lowest BCUT2D eigenvalue weighted by molar-refractivity contribution is 0.155. The van der Waals surface area contributed by atoms with Crippen LogP contribution in [0.25, 0.3) is 0 Å². The first-order valence-electron chi connectivity index (χ1n) is 9.96. The number of nitriles is 1. The van der Waals surface area contributed by atoms with Gasteiger partial charge in [-0.3, -0.25) is 5.32 Å². The van der Waals surface area contributed by atoms with E-state index in [1.807, 2.05) is 6.07 Å². The minimum atomic E-state index is -4.28. The Morgan fingerprint density at radius 1 is 1.09 bits per heavy atom. The maximum absolute atomic E-state index is 14.7. The molecule has 3 aromatic rings. The standard InChI is InChI=1S/C24H19ClF2N2O4S/c1-24(21-14-18(26)6-11-22(21)27,34(31,32)20-9-4-17(25)5-10-20)12-13-33-23(30)29-19-7-2-16(15-28)3-8-19/h2-11,14H,12-13H2,1H3,(H,29,30). The molecule has 6 nitrogen and oxygen atoms in total. The van der Waals surface area contributed by atoms with Gasteiger partial charge < -0.3 is 4.74 Å². The predicted molar refractivity (Wildman–Crippen MR) is 123 cm³/mol. The molecular weight excluding hydrogens is 486 g/mol. The van der Waals surface area contributed by atoms with Crippen molar-refractivity contribution in [1.29, 1.82) is 5.26 Å². The summed E-state index contributed by atoms with van der Waals surface area (Å²) in [4.78, 5) is 12.0. The van der Waals surface area contributed by atoms with Gasteiger partial charge in [0.25, 0.3) is 0 Å². The Morgan fingerprint density at radius 3 is 2.35 bits per heavy atom. The summed E-state index contributed by atoms with van der Waals surface area (Å²) >= 11 is 5.86. The van der Waals surface area contributed by atoms with Gasteiger partial charge in [-0.15, -0.1) is 0 Å². The fraction of sp³-hybridized carbons (Fsp3) is 0.167. The van der Waals surface area contributed by atoms with Crippen LogP contribution < -0.4 is 5.32 Å². The molecule has 34 heavy (non-hydrogen) atoms. The SMILES string of the molecule is CC(CCOC(=O)Nc1ccc(C#N)cc1)(c1cc(F)ccc1F)S(=O)(=O)c1ccc(Cl)cc1. The molecule has 0 aromatic heterocycles. The molecule has 0 bridgehead atoms. The van der Waals surface area contributed by atoms with Crippen molar-refractivity contribution in [1.82, 2.24) is 0 Å². The third-order valence-electron chi connectivity index (χ3n) is 5.29. The van der Waals surface area contributed by atoms with Gasteiger partial charge in [-0.2, -0.15) is 5.26 Å². The molecule has 3 rings (SSSR count). The van der Waals surface area contributed by atoms with Crippen LogP contribution in [0.1, 0.15) is 24.5 Å². The number of ether oxygens (including phenoxy) is 1. The molecule has 0 saturated carbocycles. The molecule has 1 N–H and O–H groups in total. The zero-order valence-electron chi connectivity index (χ0n) is 17.9. The Labute approximate surface area is 200 Å². The number of hydrogen-bond acceptors (Lipinski definition) is 5. The number of nitrogens with one attached hydrogen (secondary N) is 1. The van der Waals surface area contributed by atoms with E-state index in [9.17, 15) is 22.0 Å². The van der Waals surface area contributed by atoms with Crippen LogP contribution in [-0.4, -0.2) is 21.1 Å². The third kappa shape index (κ3) is 5.35. The predicted octanol–water partition coefficient (Wildman–Crippen LogP) is 5.82. The molecule has 176 valence electrons. The first-order chi connectivity index (χ1) is 16.1. The van der Waals surface area contributed by atoms with E-state index in [0.29, 0.717) is 16.3 Å². The maximum Gasteiger partial charge on any atom is 0.411 e. The lowest BCUT2D eigenvalue weighted by atomic mass is 9.96. The molecule has 0 saturated heterocycles. The molecule has 0 heterocycles. The van der Waals surface area contributed by atoms with Crippen molar-refractivity contribution in [2.75, 3.05) is 11.9 Å². The minimum Gasteiger partial charge on any atom is -0.449 e. The van der Waals surface area contributed by atoms with E-state index in [1.54, 1.807) is 0 Å². The highest BCUT2D eigenvalue weighted by atomic mass is 35.5. The van der Waals surface area contributed by atoms with Crippen molar-refractivity contribution in [2.24, 2.45) is 0 Å². The molecule has 0 aliphatic rings. The zero-order chi connectivity index (χ0) is 24.9. The van der Waals surface area contributed by atoms with E-state index < -0.39 is 44.5 Å². The highest BCUT2D eigenvalue weighted by molar-refractivity contribution is 7.92. The molecule has 10 heteroatoms. The van der Waals surface area contributed by atoms with Crippen LogP contribution in [0.3, 0.4) is 0 Å². The van der Waals surface area contributed by atoms with E-state index in [4.69, 9.17) is 21.6 Å². The summed E-state index contributed by atoms with van der Waals surface area (Å²) in [7, 11) is -4.28. The Kier molecular flexibility index (Phi) is 7.54. The van der Waals surface area contributed by atoms with E-state index in [1.165, 1.54) is 55.5 Å². The van der Waals surface area contributed by atoms with Crippen molar-refractivity contribution in [2.45, 2.75) is 23.0 Å². The zero-order valence-corrected chi connectivity index (χ0v) is 19.5. The second-order valence-electron chi connectivity index (χ2n) is 7.51. The third-order valence-corrected chi connectivity index (χ3v) is 8.04. The quantitative estimate of drug-likeness (QED) is 0.437. The first kappa shape index (κ1) is 25.1. The van der Waals surface area contributed by atoms with Gasteiger partial charge in [0.2, 0.25) is 0 Å². The van der Waals surface area contributed by atoms with Gasteiger partial charge in [0.15, 0.2) is 9.84 Å². The minimum absolute atomic E-state index is 0.148. The molecular formula is C24H19ClF2N2O4S. The summed E-state index contributed by atoms with van der Waals surface area (Å²) in [6.45, 7) is 0.831. The molecule has 0 radical (unpaired) electrons. The number of rotatable bonds is 7. The smallest absolute Gasteiger partial charge is 0.411 e. The topological polar surface area (TPSA) is 96.3 Å². The van der Waals surface area contributed by atoms with Gasteiger partial charge in [0, 0.05) is 22.7 Å². The summed E-state index contributed by atoms with van der Waals surface area (Å²) in [6.07, 6.45) is -1.24. The average Bonchev–Trinajstić information content (AvgIpc) is 2.81. The molecule has 1 unspecified atom stereocenters. The van der Waals surface area contributed by atoms with Gasteiger partial charge in [-0.05, 0) is 73.7 Å². The van der Waals surface area contributed by atoms with Crippen molar-refractivity contribution in [3.8, 4) is 6.07 Å². The maximum atomic E-state index is 14.7. The number of carbonyl (C=O) groups excluding carboxylic acids is 1. The summed E-state index contributed by atoms with van der Waals surface area (Å²) in [5.41, 5.74) is 0.370. The molecule has 0 aliphatic carbocycles. The molecule has 0 aliphatic heterocycles. The highest BCUT2D eigenvalue weighted by Gasteiger charge is 2.44. The Balaban J connectivity index is 1.86. The Bertz CT molecular complexity index is 1340. The van der Waals surface area contributed by atoms with Gasteiger partial charge in [-0.25, -0.2) is 22.0 Å². The molecule has 3 aromatic carbocycles. The number of anilines is 1. The number of benzene rings is 3. The van der Waals surface area contributed by atoms with Crippen LogP contribution in [0.5, 0.6) is 0 Å². The first-order valence-corrected chi connectivity index (χ1v) is 11.8. The monoisotopic (exact) mass is 504 g/mol. The second-order valence-corrected chi connectivity index (χ2v) is 10.3. The van der Waals surface area contributed by atoms with E-state index in [2.05, 4.69) is 5.32 Å². The normalized spacial score (nSPS) is 12.9. The number of carbonyl (C=O) groups is 1. The second kappa shape index (κ2) is 10.2. The summed E-state index contributed by atoms with van der Waals surface area (Å²) in [5, 5.41) is 11.6. The number of sulfone groups is 1. The number of nitrogens with zero attached hydrogens (tertiary/aromatic N) is 1. The number of amides is 1. The Morgan fingerprint density at radius 2 is 1.74 bits per heavy atom. The van der Waals surface area contributed by atoms with Crippen LogP contribution in [-0.2, 0) is 19.3 Å². The fourth-order valence-corrected chi connectivity index (χ4v) is 5.25. The van der Waals surface area contributed by atoms with Gasteiger partial charge >= 0.3 is 6.09 Å². The van der Waals surface area contributed by atoms with Crippen molar-refractivity contribution < 1.29 is 26.7 Å². The van der Waals surface area contributed by atoms with Crippen LogP contribution >= 0.6 is 11.6 Å². The van der Waals surface area contributed by atoms with E-state index >= 15 is 0 Å². The van der Waals surface area contributed by atoms with E-state index in [-0.39, 0.29) is 11.3 Å². The lowest BCUT2D eigenvalue weighted by Gasteiger charge is -2.30. The summed E-state index contributed by atoms with van der Waals surface area (Å²) in [5.74, 6) is -1.73. The van der Waals surface area contributed by atoms with Crippen LogP contribution in [0.15, 0.2) is 71.6 Å². The van der Waals surface area contributed by atoms with Crippen LogP contribution in [0.2, 0.25) is 5.02 Å². The average molecular weight is 505 g/mol. The van der Waals surface area contributed by atoms with Gasteiger partial charge in [0.1, 0.15) is 16.4 Å². The molecule has 1 atom stereocenters. The van der Waals surface area contributed by atoms with E-state index in [0.717, 1.165) is 18.2 Å². The molecule has 1 amide bonds. The largest absolute Gasteiger partial charge is 0.449 e. The summed E-state index contributed by atoms with van der Waals surface area (Å²) in [6, 6.07) is 15.8. The summed E-state index contributed by atoms with van der Waals surface area (Å²) < 4.78 is 58.9.